The number of carbonyl (C=O) groups excluding carboxylic acids is 2. The molecule has 1 aromatic heterocycles. The Balaban J connectivity index is 1.81. The topological polar surface area (TPSA) is 75.4 Å². The lowest BCUT2D eigenvalue weighted by molar-refractivity contribution is -0.120. The van der Waals surface area contributed by atoms with E-state index < -0.39 is 23.6 Å². The normalized spacial score (nSPS) is 17.7. The van der Waals surface area contributed by atoms with Crippen LogP contribution in [-0.2, 0) is 15.0 Å². The van der Waals surface area contributed by atoms with Crippen LogP contribution in [-0.4, -0.2) is 23.0 Å². The highest BCUT2D eigenvalue weighted by Gasteiger charge is 2.38. The van der Waals surface area contributed by atoms with Gasteiger partial charge in [0.1, 0.15) is 17.7 Å². The third-order valence-electron chi connectivity index (χ3n) is 4.17. The molecule has 0 aliphatic carbocycles. The first-order valence-corrected chi connectivity index (χ1v) is 8.21. The van der Waals surface area contributed by atoms with E-state index in [-0.39, 0.29) is 35.7 Å². The number of nitrogens with zero attached hydrogens (tertiary/aromatic N) is 2. The number of nitrogens with one attached hydrogen (secondary N) is 1. The van der Waals surface area contributed by atoms with Gasteiger partial charge in [-0.2, -0.15) is 0 Å². The molecule has 138 valence electrons. The van der Waals surface area contributed by atoms with Gasteiger partial charge in [0.15, 0.2) is 0 Å². The van der Waals surface area contributed by atoms with E-state index in [1.807, 2.05) is 20.8 Å². The first-order valence-electron chi connectivity index (χ1n) is 8.21. The number of aromatic nitrogens is 1. The van der Waals surface area contributed by atoms with Crippen molar-refractivity contribution in [3.05, 3.63) is 41.6 Å². The molecule has 1 atom stereocenters. The molecule has 0 radical (unpaired) electrons. The molecule has 2 aromatic rings. The van der Waals surface area contributed by atoms with E-state index in [0.717, 1.165) is 17.0 Å². The number of amides is 2. The highest BCUT2D eigenvalue weighted by atomic mass is 19.1. The van der Waals surface area contributed by atoms with Crippen LogP contribution in [0.2, 0.25) is 0 Å². The van der Waals surface area contributed by atoms with Crippen molar-refractivity contribution >= 4 is 23.4 Å². The second-order valence-corrected chi connectivity index (χ2v) is 7.26. The number of halogens is 2. The van der Waals surface area contributed by atoms with E-state index in [0.29, 0.717) is 11.8 Å². The maximum atomic E-state index is 13.5. The molecule has 2 heterocycles. The Morgan fingerprint density at radius 3 is 2.46 bits per heavy atom. The predicted molar refractivity (Wildman–Crippen MR) is 90.7 cm³/mol. The zero-order valence-corrected chi connectivity index (χ0v) is 14.7. The fourth-order valence-corrected chi connectivity index (χ4v) is 2.83. The largest absolute Gasteiger partial charge is 0.338 e. The van der Waals surface area contributed by atoms with Crippen LogP contribution in [0.4, 0.5) is 20.4 Å². The molecule has 1 saturated heterocycles. The van der Waals surface area contributed by atoms with Gasteiger partial charge in [-0.25, -0.2) is 8.78 Å². The fraction of sp³-hybridized carbons (Fsp3) is 0.389. The lowest BCUT2D eigenvalue weighted by Gasteiger charge is -2.23. The predicted octanol–water partition coefficient (Wildman–Crippen LogP) is 3.38. The minimum atomic E-state index is -0.883. The molecule has 0 saturated carbocycles. The molecule has 0 spiro atoms. The van der Waals surface area contributed by atoms with Crippen LogP contribution in [0.25, 0.3) is 0 Å². The van der Waals surface area contributed by atoms with E-state index in [2.05, 4.69) is 10.5 Å². The maximum absolute atomic E-state index is 13.5. The molecule has 6 nitrogen and oxygen atoms in total. The van der Waals surface area contributed by atoms with Crippen molar-refractivity contribution < 1.29 is 22.9 Å². The van der Waals surface area contributed by atoms with E-state index in [9.17, 15) is 18.4 Å². The summed E-state index contributed by atoms with van der Waals surface area (Å²) in [6.45, 7) is 5.85. The summed E-state index contributed by atoms with van der Waals surface area (Å²) in [5.41, 5.74) is 0.429. The van der Waals surface area contributed by atoms with Crippen molar-refractivity contribution in [2.75, 3.05) is 10.2 Å². The molecule has 1 fully saturated rings. The van der Waals surface area contributed by atoms with Gasteiger partial charge in [-0.15, -0.1) is 0 Å². The Labute approximate surface area is 149 Å². The van der Waals surface area contributed by atoms with Gasteiger partial charge in [-0.1, -0.05) is 25.9 Å². The van der Waals surface area contributed by atoms with Gasteiger partial charge < -0.3 is 4.52 Å². The first kappa shape index (κ1) is 18.0. The van der Waals surface area contributed by atoms with Crippen LogP contribution in [0, 0.1) is 11.6 Å². The maximum Gasteiger partial charge on any atom is 0.249 e. The summed E-state index contributed by atoms with van der Waals surface area (Å²) in [5.74, 6) is -2.35. The smallest absolute Gasteiger partial charge is 0.249 e. The molecule has 3 rings (SSSR count). The van der Waals surface area contributed by atoms with Gasteiger partial charge in [0.05, 0.1) is 11.4 Å². The summed E-state index contributed by atoms with van der Waals surface area (Å²) in [7, 11) is 0. The fourth-order valence-electron chi connectivity index (χ4n) is 2.83. The van der Waals surface area contributed by atoms with Gasteiger partial charge in [0.25, 0.3) is 0 Å². The monoisotopic (exact) mass is 363 g/mol. The number of carbonyl (C=O) groups is 2. The molecule has 1 aliphatic heterocycles. The number of anilines is 2. The summed E-state index contributed by atoms with van der Waals surface area (Å²) < 4.78 is 32.1. The molecule has 26 heavy (non-hydrogen) atoms. The Morgan fingerprint density at radius 1 is 1.23 bits per heavy atom. The van der Waals surface area contributed by atoms with Crippen LogP contribution in [0.15, 0.2) is 28.8 Å². The molecule has 1 aliphatic rings. The van der Waals surface area contributed by atoms with Gasteiger partial charge in [-0.05, 0) is 18.6 Å². The van der Waals surface area contributed by atoms with Gasteiger partial charge in [-0.3, -0.25) is 19.8 Å². The van der Waals surface area contributed by atoms with Gasteiger partial charge in [0.2, 0.25) is 17.7 Å². The summed E-state index contributed by atoms with van der Waals surface area (Å²) in [6.07, 6.45) is 0.350. The first-order chi connectivity index (χ1) is 12.1. The Morgan fingerprint density at radius 2 is 1.88 bits per heavy atom. The van der Waals surface area contributed by atoms with Crippen LogP contribution in [0.1, 0.15) is 39.3 Å². The van der Waals surface area contributed by atoms with Gasteiger partial charge in [0, 0.05) is 24.0 Å². The van der Waals surface area contributed by atoms with Crippen molar-refractivity contribution in [2.24, 2.45) is 0 Å². The minimum absolute atomic E-state index is 0.0121. The molecular formula is C18H19F2N3O3. The third-order valence-corrected chi connectivity index (χ3v) is 4.17. The molecule has 1 N–H and O–H groups in total. The van der Waals surface area contributed by atoms with E-state index in [1.54, 1.807) is 6.07 Å². The van der Waals surface area contributed by atoms with Crippen LogP contribution >= 0.6 is 0 Å². The number of benzene rings is 1. The Bertz CT molecular complexity index is 837. The van der Waals surface area contributed by atoms with E-state index in [1.165, 1.54) is 0 Å². The number of rotatable bonds is 3. The van der Waals surface area contributed by atoms with Crippen molar-refractivity contribution in [2.45, 2.75) is 45.1 Å². The summed E-state index contributed by atoms with van der Waals surface area (Å²) >= 11 is 0. The van der Waals surface area contributed by atoms with Crippen molar-refractivity contribution in [3.8, 4) is 0 Å². The number of hydrogen-bond acceptors (Lipinski definition) is 4. The van der Waals surface area contributed by atoms with Crippen LogP contribution in [0.3, 0.4) is 0 Å². The van der Waals surface area contributed by atoms with Crippen LogP contribution < -0.4 is 10.2 Å². The highest BCUT2D eigenvalue weighted by Crippen LogP contribution is 2.29. The van der Waals surface area contributed by atoms with Crippen molar-refractivity contribution in [3.63, 3.8) is 0 Å². The lowest BCUT2D eigenvalue weighted by Crippen LogP contribution is -2.41. The molecule has 1 aromatic carbocycles. The van der Waals surface area contributed by atoms with E-state index in [4.69, 9.17) is 4.52 Å². The van der Waals surface area contributed by atoms with E-state index >= 15 is 0 Å². The van der Waals surface area contributed by atoms with Gasteiger partial charge >= 0.3 is 0 Å². The average Bonchev–Trinajstić information content (AvgIpc) is 3.12. The Kier molecular flexibility index (Phi) is 4.52. The molecule has 1 unspecified atom stereocenters. The summed E-state index contributed by atoms with van der Waals surface area (Å²) in [5, 5.41) is 6.49. The second-order valence-electron chi connectivity index (χ2n) is 7.26. The average molecular weight is 363 g/mol. The van der Waals surface area contributed by atoms with Crippen LogP contribution in [0.5, 0.6) is 0 Å². The Hall–Kier alpha value is -2.77. The van der Waals surface area contributed by atoms with Crippen molar-refractivity contribution in [1.29, 1.82) is 0 Å². The van der Waals surface area contributed by atoms with Crippen molar-refractivity contribution in [1.82, 2.24) is 5.16 Å². The summed E-state index contributed by atoms with van der Waals surface area (Å²) in [4.78, 5) is 25.9. The summed E-state index contributed by atoms with van der Waals surface area (Å²) in [6, 6.07) is 3.49. The molecular weight excluding hydrogens is 344 g/mol. The SMILES string of the molecule is CC(C)(C)c1cc(NC(=O)C2CCC(=O)N2c2cc(F)cc(F)c2)on1. The quantitative estimate of drug-likeness (QED) is 0.907. The highest BCUT2D eigenvalue weighted by molar-refractivity contribution is 6.07. The molecule has 2 amide bonds. The zero-order valence-electron chi connectivity index (χ0n) is 14.7. The standard InChI is InChI=1S/C18H19F2N3O3/c1-18(2,3)14-9-15(26-22-14)21-17(25)13-4-5-16(24)23(13)12-7-10(19)6-11(20)8-12/h6-9,13H,4-5H2,1-3H3,(H,21,25). The second kappa shape index (κ2) is 6.51. The lowest BCUT2D eigenvalue weighted by atomic mass is 9.92. The minimum Gasteiger partial charge on any atom is -0.338 e. The number of hydrogen-bond donors (Lipinski definition) is 1. The molecule has 8 heteroatoms. The molecule has 0 bridgehead atoms. The zero-order chi connectivity index (χ0) is 19.1. The third kappa shape index (κ3) is 3.58.